The molecule has 0 atom stereocenters. The van der Waals surface area contributed by atoms with Crippen LogP contribution in [0.2, 0.25) is 0 Å². The molecule has 19 aromatic carbocycles. The summed E-state index contributed by atoms with van der Waals surface area (Å²) in [5.41, 5.74) is 30.6. The van der Waals surface area contributed by atoms with Gasteiger partial charge in [0.1, 0.15) is 0 Å². The number of para-hydroxylation sites is 11. The molecule has 0 aliphatic rings. The average Bonchev–Trinajstić information content (AvgIpc) is 1.53. The van der Waals surface area contributed by atoms with Gasteiger partial charge in [-0.3, -0.25) is 0 Å². The number of hydrogen-bond acceptors (Lipinski definition) is 1. The molecule has 0 N–H and O–H groups in total. The van der Waals surface area contributed by atoms with Crippen molar-refractivity contribution in [2.24, 2.45) is 0 Å². The molecule has 118 heavy (non-hydrogen) atoms. The second kappa shape index (κ2) is 28.1. The molecule has 5 heterocycles. The zero-order valence-corrected chi connectivity index (χ0v) is 64.4. The molecule has 0 bridgehead atoms. The quantitative estimate of drug-likeness (QED) is 0.120. The molecule has 6 nitrogen and oxygen atoms in total. The standard InChI is InChI=1S/C58H39N3.C54H35N3/c1-5-21-41(22-6-1)53-54(42-36-38-46(39-37-42)59(43-24-7-2-8-25-43)50-35-19-23-40-20-13-14-30-47(40)50)56-49-32-16-18-34-52(49)61(45-28-11-4-12-29-45)58(56)57-55(53)48-31-15-17-33-51(48)60(57)44-26-9-3-10-27-44;1-5-19-36(20-6-1)49-50(37-33-34-48-44(35-37)41-27-13-16-30-45(41)55(48)38-21-7-2-8-22-38)52-43-29-15-18-32-47(43)57(40-25-11-4-12-26-40)54(52)53-51(49)42-28-14-17-31-46(42)56(53)39-23-9-3-10-24-39/h1-39H;1-35H. The van der Waals surface area contributed by atoms with Crippen molar-refractivity contribution in [3.05, 3.63) is 449 Å². The Kier molecular flexibility index (Phi) is 16.2. The monoisotopic (exact) mass is 1500 g/mol. The summed E-state index contributed by atoms with van der Waals surface area (Å²) >= 11 is 0. The van der Waals surface area contributed by atoms with Crippen LogP contribution in [0, 0.1) is 0 Å². The van der Waals surface area contributed by atoms with Crippen LogP contribution in [0.15, 0.2) is 449 Å². The van der Waals surface area contributed by atoms with Crippen LogP contribution in [0.5, 0.6) is 0 Å². The number of hydrogen-bond donors (Lipinski definition) is 0. The zero-order chi connectivity index (χ0) is 77.7. The highest BCUT2D eigenvalue weighted by atomic mass is 15.1. The lowest BCUT2D eigenvalue weighted by atomic mass is 9.86. The average molecular weight is 1500 g/mol. The Labute approximate surface area is 681 Å². The smallest absolute Gasteiger partial charge is 0.0795 e. The first-order valence-electron chi connectivity index (χ1n) is 40.6. The number of rotatable bonds is 12. The van der Waals surface area contributed by atoms with Crippen molar-refractivity contribution in [2.75, 3.05) is 4.90 Å². The Hall–Kier alpha value is -15.8. The maximum atomic E-state index is 2.50. The first-order valence-corrected chi connectivity index (χ1v) is 40.6. The third-order valence-electron chi connectivity index (χ3n) is 24.0. The van der Waals surface area contributed by atoms with Gasteiger partial charge in [0.25, 0.3) is 0 Å². The molecular weight excluding hydrogens is 1430 g/mol. The van der Waals surface area contributed by atoms with Crippen molar-refractivity contribution < 1.29 is 0 Å². The van der Waals surface area contributed by atoms with Crippen molar-refractivity contribution in [3.8, 4) is 72.9 Å². The SMILES string of the molecule is c1ccc(-c2c(-c3ccc(N(c4ccccc4)c4cccc5ccccc45)cc3)c3c4ccccc4n(-c4ccccc4)c3c3c2c2ccccc2n3-c2ccccc2)cc1.c1ccc(-c2c(-c3ccc4c(c3)c3ccccc3n4-c3ccccc3)c3c4ccccc4n(-c4ccccc4)c3c3c2c2ccccc2n3-c2ccccc2)cc1. The molecule has 0 saturated heterocycles. The van der Waals surface area contributed by atoms with E-state index < -0.39 is 0 Å². The lowest BCUT2D eigenvalue weighted by Crippen LogP contribution is -2.10. The predicted octanol–water partition coefficient (Wildman–Crippen LogP) is 30.1. The molecule has 0 saturated carbocycles. The van der Waals surface area contributed by atoms with Crippen LogP contribution in [-0.4, -0.2) is 22.8 Å². The minimum absolute atomic E-state index is 1.09. The third kappa shape index (κ3) is 10.7. The van der Waals surface area contributed by atoms with Gasteiger partial charge in [-0.25, -0.2) is 0 Å². The first-order chi connectivity index (χ1) is 58.7. The van der Waals surface area contributed by atoms with E-state index in [1.54, 1.807) is 0 Å². The molecule has 0 spiro atoms. The molecule has 0 aliphatic carbocycles. The molecule has 6 heteroatoms. The van der Waals surface area contributed by atoms with E-state index in [2.05, 4.69) is 477 Å². The van der Waals surface area contributed by atoms with Gasteiger partial charge in [0.05, 0.1) is 60.9 Å². The van der Waals surface area contributed by atoms with Crippen molar-refractivity contribution in [2.45, 2.75) is 0 Å². The summed E-state index contributed by atoms with van der Waals surface area (Å²) in [6.07, 6.45) is 0. The van der Waals surface area contributed by atoms with Gasteiger partial charge in [-0.05, 0) is 161 Å². The second-order valence-electron chi connectivity index (χ2n) is 30.5. The van der Waals surface area contributed by atoms with Gasteiger partial charge in [-0.2, -0.15) is 0 Å². The van der Waals surface area contributed by atoms with E-state index in [0.29, 0.717) is 0 Å². The lowest BCUT2D eigenvalue weighted by molar-refractivity contribution is 1.15. The van der Waals surface area contributed by atoms with Gasteiger partial charge in [0.15, 0.2) is 0 Å². The Morgan fingerprint density at radius 1 is 0.161 bits per heavy atom. The normalized spacial score (nSPS) is 11.7. The lowest BCUT2D eigenvalue weighted by Gasteiger charge is -2.27. The fourth-order valence-electron chi connectivity index (χ4n) is 19.3. The van der Waals surface area contributed by atoms with Crippen LogP contribution in [0.25, 0.3) is 193 Å². The second-order valence-corrected chi connectivity index (χ2v) is 30.5. The van der Waals surface area contributed by atoms with E-state index in [0.717, 1.165) is 51.1 Å². The third-order valence-corrected chi connectivity index (χ3v) is 24.0. The highest BCUT2D eigenvalue weighted by molar-refractivity contribution is 6.36. The largest absolute Gasteiger partial charge is 0.310 e. The maximum Gasteiger partial charge on any atom is 0.0795 e. The van der Waals surface area contributed by atoms with E-state index in [4.69, 9.17) is 0 Å². The van der Waals surface area contributed by atoms with E-state index in [1.165, 1.54) is 159 Å². The fourth-order valence-corrected chi connectivity index (χ4v) is 19.3. The van der Waals surface area contributed by atoms with Crippen molar-refractivity contribution >= 4 is 137 Å². The van der Waals surface area contributed by atoms with E-state index >= 15 is 0 Å². The van der Waals surface area contributed by atoms with E-state index in [-0.39, 0.29) is 0 Å². The van der Waals surface area contributed by atoms with Crippen LogP contribution >= 0.6 is 0 Å². The molecule has 552 valence electrons. The van der Waals surface area contributed by atoms with Crippen LogP contribution in [0.3, 0.4) is 0 Å². The Morgan fingerprint density at radius 3 is 0.814 bits per heavy atom. The summed E-state index contributed by atoms with van der Waals surface area (Å²) < 4.78 is 12.4. The fraction of sp³-hybridized carbons (Fsp3) is 0. The molecule has 0 aliphatic heterocycles. The Balaban J connectivity index is 0.000000139. The van der Waals surface area contributed by atoms with Gasteiger partial charge in [-0.15, -0.1) is 0 Å². The van der Waals surface area contributed by atoms with E-state index in [9.17, 15) is 0 Å². The minimum Gasteiger partial charge on any atom is -0.310 e. The van der Waals surface area contributed by atoms with E-state index in [1.807, 2.05) is 0 Å². The topological polar surface area (TPSA) is 27.9 Å². The number of aromatic nitrogens is 5. The van der Waals surface area contributed by atoms with Gasteiger partial charge in [0.2, 0.25) is 0 Å². The van der Waals surface area contributed by atoms with Crippen LogP contribution in [0.1, 0.15) is 0 Å². The molecule has 24 aromatic rings. The zero-order valence-electron chi connectivity index (χ0n) is 64.4. The molecule has 0 unspecified atom stereocenters. The summed E-state index contributed by atoms with van der Waals surface area (Å²) in [6.45, 7) is 0. The summed E-state index contributed by atoms with van der Waals surface area (Å²) in [5, 5.41) is 14.7. The van der Waals surface area contributed by atoms with Gasteiger partial charge < -0.3 is 27.7 Å². The van der Waals surface area contributed by atoms with Crippen LogP contribution < -0.4 is 4.90 Å². The summed E-state index contributed by atoms with van der Waals surface area (Å²) in [5.74, 6) is 0. The Bertz CT molecular complexity index is 7980. The highest BCUT2D eigenvalue weighted by Gasteiger charge is 2.32. The summed E-state index contributed by atoms with van der Waals surface area (Å²) in [7, 11) is 0. The molecule has 0 fully saturated rings. The van der Waals surface area contributed by atoms with Gasteiger partial charge in [-0.1, -0.05) is 315 Å². The molecule has 0 radical (unpaired) electrons. The number of fused-ring (bicyclic) bond motifs is 18. The Morgan fingerprint density at radius 2 is 0.424 bits per heavy atom. The summed E-state index contributed by atoms with van der Waals surface area (Å²) in [4.78, 5) is 2.39. The van der Waals surface area contributed by atoms with Crippen LogP contribution in [-0.2, 0) is 0 Å². The van der Waals surface area contributed by atoms with Crippen molar-refractivity contribution in [3.63, 3.8) is 0 Å². The number of benzene rings is 19. The maximum absolute atomic E-state index is 2.50. The molecule has 5 aromatic heterocycles. The molecule has 24 rings (SSSR count). The number of anilines is 3. The van der Waals surface area contributed by atoms with Gasteiger partial charge in [0, 0.05) is 121 Å². The number of nitrogens with zero attached hydrogens (tertiary/aromatic N) is 6. The minimum atomic E-state index is 1.09. The predicted molar refractivity (Wildman–Crippen MR) is 499 cm³/mol. The first kappa shape index (κ1) is 67.9. The van der Waals surface area contributed by atoms with Crippen molar-refractivity contribution in [1.82, 2.24) is 22.8 Å². The molecule has 0 amide bonds. The highest BCUT2D eigenvalue weighted by Crippen LogP contribution is 2.56. The summed E-state index contributed by atoms with van der Waals surface area (Å²) in [6, 6.07) is 163. The van der Waals surface area contributed by atoms with Crippen molar-refractivity contribution in [1.29, 1.82) is 0 Å². The molecular formula is C112H74N6. The van der Waals surface area contributed by atoms with Gasteiger partial charge >= 0.3 is 0 Å². The van der Waals surface area contributed by atoms with Crippen LogP contribution in [0.4, 0.5) is 17.1 Å².